The molecule has 0 atom stereocenters. The molecule has 344 valence electrons. The normalized spacial score (nSPS) is 17.8. The summed E-state index contributed by atoms with van der Waals surface area (Å²) in [6.07, 6.45) is -2.18. The SMILES string of the molecule is O=C1c2c(cccc2OP(Oc2ccccc2C2OCCO2)Oc2ccccc2C2OCCO2)Cc2cccc(OP(Oc3ccccc3C3OCCO3)Oc3ccccc3C3OCCO3)c21. The molecule has 0 saturated carbocycles. The van der Waals surface area contributed by atoms with Crippen LogP contribution >= 0.6 is 17.2 Å². The number of carbonyl (C=O) groups excluding carboxylic acids is 1. The van der Waals surface area contributed by atoms with E-state index in [0.29, 0.717) is 116 Å². The molecule has 15 nitrogen and oxygen atoms in total. The number of para-hydroxylation sites is 4. The predicted molar refractivity (Wildman–Crippen MR) is 241 cm³/mol. The van der Waals surface area contributed by atoms with Crippen molar-refractivity contribution in [3.05, 3.63) is 178 Å². The molecule has 4 aliphatic heterocycles. The van der Waals surface area contributed by atoms with Gasteiger partial charge in [0.15, 0.2) is 25.2 Å². The van der Waals surface area contributed by atoms with Crippen LogP contribution in [-0.4, -0.2) is 58.6 Å². The fourth-order valence-corrected chi connectivity index (χ4v) is 10.4. The maximum atomic E-state index is 15.2. The van der Waals surface area contributed by atoms with E-state index in [-0.39, 0.29) is 17.3 Å². The van der Waals surface area contributed by atoms with Crippen LogP contribution < -0.4 is 27.1 Å². The second kappa shape index (κ2) is 20.3. The monoisotopic (exact) mass is 946 g/mol. The zero-order valence-corrected chi connectivity index (χ0v) is 37.7. The zero-order chi connectivity index (χ0) is 44.9. The van der Waals surface area contributed by atoms with Gasteiger partial charge in [-0.05, 0) is 53.9 Å². The van der Waals surface area contributed by atoms with Gasteiger partial charge in [0.05, 0.1) is 86.2 Å². The van der Waals surface area contributed by atoms with Crippen LogP contribution in [0.2, 0.25) is 0 Å². The number of rotatable bonds is 16. The number of benzene rings is 6. The highest BCUT2D eigenvalue weighted by molar-refractivity contribution is 7.43. The Morgan fingerprint density at radius 1 is 0.328 bits per heavy atom. The van der Waals surface area contributed by atoms with Crippen LogP contribution in [0.4, 0.5) is 0 Å². The molecule has 6 aromatic carbocycles. The Labute approximate surface area is 388 Å². The lowest BCUT2D eigenvalue weighted by Gasteiger charge is -2.26. The van der Waals surface area contributed by atoms with E-state index in [4.69, 9.17) is 65.0 Å². The minimum absolute atomic E-state index is 0.247. The summed E-state index contributed by atoms with van der Waals surface area (Å²) < 4.78 is 87.0. The Balaban J connectivity index is 0.933. The molecule has 5 aliphatic rings. The van der Waals surface area contributed by atoms with Crippen LogP contribution in [0.1, 0.15) is 74.5 Å². The summed E-state index contributed by atoms with van der Waals surface area (Å²) in [5.74, 6) is 1.87. The standard InChI is InChI=1S/C50H44O15P2/c51-46-44-32(11-9-21-42(44)64-66(60-38-17-5-1-13-34(38)47-52-23-24-53-47)61-39-18-6-2-14-35(39)48-54-25-26-55-48)31-33-12-10-22-43(45(33)46)65-67(62-40-19-7-3-15-36(40)49-56-27-28-57-49)63-41-20-8-4-16-37(41)50-58-29-30-59-50/h1-22,47-50H,23-31H2. The molecular weight excluding hydrogens is 902 g/mol. The van der Waals surface area contributed by atoms with Crippen molar-refractivity contribution >= 4 is 23.0 Å². The van der Waals surface area contributed by atoms with Crippen LogP contribution in [0.15, 0.2) is 133 Å². The first-order valence-electron chi connectivity index (χ1n) is 21.9. The second-order valence-corrected chi connectivity index (χ2v) is 17.5. The molecule has 0 unspecified atom stereocenters. The van der Waals surface area contributed by atoms with E-state index >= 15 is 4.79 Å². The molecule has 4 fully saturated rings. The van der Waals surface area contributed by atoms with Gasteiger partial charge in [-0.1, -0.05) is 97.1 Å². The number of ether oxygens (including phenoxy) is 8. The lowest BCUT2D eigenvalue weighted by Crippen LogP contribution is -2.18. The molecule has 0 amide bonds. The van der Waals surface area contributed by atoms with Crippen LogP contribution in [0.3, 0.4) is 0 Å². The van der Waals surface area contributed by atoms with Gasteiger partial charge in [0, 0.05) is 0 Å². The van der Waals surface area contributed by atoms with Gasteiger partial charge in [0.1, 0.15) is 34.5 Å². The number of carbonyl (C=O) groups is 1. The van der Waals surface area contributed by atoms with E-state index in [0.717, 1.165) is 11.1 Å². The van der Waals surface area contributed by atoms with E-state index in [1.54, 1.807) is 36.4 Å². The third-order valence-corrected chi connectivity index (χ3v) is 13.4. The van der Waals surface area contributed by atoms with Gasteiger partial charge in [-0.25, -0.2) is 0 Å². The largest absolute Gasteiger partial charge is 0.530 e. The molecule has 0 spiro atoms. The van der Waals surface area contributed by atoms with E-state index in [9.17, 15) is 0 Å². The lowest BCUT2D eigenvalue weighted by atomic mass is 9.84. The van der Waals surface area contributed by atoms with Gasteiger partial charge in [-0.15, -0.1) is 0 Å². The first kappa shape index (κ1) is 43.9. The Morgan fingerprint density at radius 3 is 0.881 bits per heavy atom. The second-order valence-electron chi connectivity index (χ2n) is 15.5. The van der Waals surface area contributed by atoms with Gasteiger partial charge >= 0.3 is 17.2 Å². The van der Waals surface area contributed by atoms with E-state index in [1.165, 1.54) is 0 Å². The molecular formula is C50H44O15P2. The maximum Gasteiger partial charge on any atom is 0.530 e. The van der Waals surface area contributed by atoms with E-state index in [1.807, 2.05) is 97.1 Å². The minimum atomic E-state index is -2.33. The third kappa shape index (κ3) is 9.59. The molecule has 67 heavy (non-hydrogen) atoms. The van der Waals surface area contributed by atoms with Crippen molar-refractivity contribution in [3.63, 3.8) is 0 Å². The predicted octanol–water partition coefficient (Wildman–Crippen LogP) is 10.5. The summed E-state index contributed by atoms with van der Waals surface area (Å²) in [6, 6.07) is 40.5. The van der Waals surface area contributed by atoms with Crippen molar-refractivity contribution in [2.75, 3.05) is 52.9 Å². The van der Waals surface area contributed by atoms with Crippen molar-refractivity contribution in [1.82, 2.24) is 0 Å². The zero-order valence-electron chi connectivity index (χ0n) is 35.9. The maximum absolute atomic E-state index is 15.2. The third-order valence-electron chi connectivity index (χ3n) is 11.3. The molecule has 11 rings (SSSR count). The summed E-state index contributed by atoms with van der Waals surface area (Å²) in [7, 11) is -4.66. The summed E-state index contributed by atoms with van der Waals surface area (Å²) in [5, 5.41) is 0. The fraction of sp³-hybridized carbons (Fsp3) is 0.260. The van der Waals surface area contributed by atoms with Crippen molar-refractivity contribution < 1.29 is 69.8 Å². The van der Waals surface area contributed by atoms with Crippen molar-refractivity contribution in [2.24, 2.45) is 0 Å². The highest BCUT2D eigenvalue weighted by Gasteiger charge is 2.36. The number of fused-ring (bicyclic) bond motifs is 2. The molecule has 0 N–H and O–H groups in total. The molecule has 6 aromatic rings. The summed E-state index contributed by atoms with van der Waals surface area (Å²) >= 11 is 0. The van der Waals surface area contributed by atoms with Gasteiger partial charge in [-0.2, -0.15) is 0 Å². The smallest absolute Gasteiger partial charge is 0.408 e. The van der Waals surface area contributed by atoms with Crippen molar-refractivity contribution in [3.8, 4) is 34.5 Å². The number of hydrogen-bond donors (Lipinski definition) is 0. The fourth-order valence-electron chi connectivity index (χ4n) is 8.22. The van der Waals surface area contributed by atoms with E-state index in [2.05, 4.69) is 0 Å². The Hall–Kier alpha value is -5.67. The molecule has 17 heteroatoms. The molecule has 0 aromatic heterocycles. The number of hydrogen-bond acceptors (Lipinski definition) is 15. The van der Waals surface area contributed by atoms with Crippen molar-refractivity contribution in [2.45, 2.75) is 31.6 Å². The molecule has 4 heterocycles. The molecule has 0 radical (unpaired) electrons. The summed E-state index contributed by atoms with van der Waals surface area (Å²) in [5.41, 5.74) is 4.79. The van der Waals surface area contributed by atoms with Gasteiger partial charge < -0.3 is 65.0 Å². The highest BCUT2D eigenvalue weighted by atomic mass is 31.2. The quantitative estimate of drug-likeness (QED) is 0.0846. The van der Waals surface area contributed by atoms with Crippen molar-refractivity contribution in [1.29, 1.82) is 0 Å². The lowest BCUT2D eigenvalue weighted by molar-refractivity contribution is -0.0456. The summed E-state index contributed by atoms with van der Waals surface area (Å²) in [6.45, 7) is 3.53. The first-order valence-corrected chi connectivity index (χ1v) is 24.1. The highest BCUT2D eigenvalue weighted by Crippen LogP contribution is 2.52. The number of ketones is 1. The Bertz CT molecular complexity index is 2390. The van der Waals surface area contributed by atoms with Crippen LogP contribution in [0.5, 0.6) is 34.5 Å². The summed E-state index contributed by atoms with van der Waals surface area (Å²) in [4.78, 5) is 15.2. The molecule has 1 aliphatic carbocycles. The Kier molecular flexibility index (Phi) is 13.3. The first-order chi connectivity index (χ1) is 33.1. The van der Waals surface area contributed by atoms with Gasteiger partial charge in [-0.3, -0.25) is 4.79 Å². The topological polar surface area (TPSA) is 146 Å². The van der Waals surface area contributed by atoms with E-state index < -0.39 is 42.4 Å². The molecule has 0 bridgehead atoms. The average Bonchev–Trinajstić information content (AvgIpc) is 4.23. The van der Waals surface area contributed by atoms with Gasteiger partial charge in [0.25, 0.3) is 0 Å². The minimum Gasteiger partial charge on any atom is -0.408 e. The molecule has 4 saturated heterocycles. The van der Waals surface area contributed by atoms with Gasteiger partial charge in [0.2, 0.25) is 5.78 Å². The van der Waals surface area contributed by atoms with Crippen LogP contribution in [0.25, 0.3) is 0 Å². The van der Waals surface area contributed by atoms with Crippen LogP contribution in [-0.2, 0) is 44.3 Å². The van der Waals surface area contributed by atoms with Crippen LogP contribution in [0, 0.1) is 0 Å². The Morgan fingerprint density at radius 2 is 0.582 bits per heavy atom. The average molecular weight is 947 g/mol.